The van der Waals surface area contributed by atoms with Crippen molar-refractivity contribution in [3.05, 3.63) is 71.4 Å². The van der Waals surface area contributed by atoms with Gasteiger partial charge in [0, 0.05) is 11.9 Å². The first kappa shape index (κ1) is 17.0. The van der Waals surface area contributed by atoms with Crippen LogP contribution in [-0.2, 0) is 6.18 Å². The first-order valence-electron chi connectivity index (χ1n) is 7.21. The predicted octanol–water partition coefficient (Wildman–Crippen LogP) is 5.64. The molecule has 4 nitrogen and oxygen atoms in total. The number of alkyl halides is 3. The molecule has 1 aromatic heterocycles. The van der Waals surface area contributed by atoms with E-state index in [2.05, 4.69) is 20.6 Å². The lowest BCUT2D eigenvalue weighted by atomic mass is 10.2. The monoisotopic (exact) mass is 364 g/mol. The van der Waals surface area contributed by atoms with Crippen molar-refractivity contribution >= 4 is 34.7 Å². The second kappa shape index (κ2) is 6.98. The van der Waals surface area contributed by atoms with Crippen LogP contribution in [0, 0.1) is 0 Å². The van der Waals surface area contributed by atoms with Crippen LogP contribution >= 0.6 is 11.6 Å². The normalized spacial score (nSPS) is 11.2. The van der Waals surface area contributed by atoms with Gasteiger partial charge < -0.3 is 10.6 Å². The Morgan fingerprint density at radius 2 is 1.56 bits per heavy atom. The molecular weight excluding hydrogens is 353 g/mol. The van der Waals surface area contributed by atoms with E-state index in [4.69, 9.17) is 11.6 Å². The lowest BCUT2D eigenvalue weighted by Crippen LogP contribution is -2.12. The van der Waals surface area contributed by atoms with Gasteiger partial charge >= 0.3 is 6.18 Å². The van der Waals surface area contributed by atoms with Crippen molar-refractivity contribution in [1.82, 2.24) is 9.97 Å². The smallest absolute Gasteiger partial charge is 0.338 e. The number of nitrogens with one attached hydrogen (secondary N) is 2. The molecule has 25 heavy (non-hydrogen) atoms. The fourth-order valence-corrected chi connectivity index (χ4v) is 2.27. The summed E-state index contributed by atoms with van der Waals surface area (Å²) in [6.45, 7) is 0. The molecule has 2 N–H and O–H groups in total. The van der Waals surface area contributed by atoms with Crippen molar-refractivity contribution in [2.75, 3.05) is 10.6 Å². The second-order valence-corrected chi connectivity index (χ2v) is 5.46. The average molecular weight is 365 g/mol. The summed E-state index contributed by atoms with van der Waals surface area (Å²) in [5, 5.41) is 5.78. The van der Waals surface area contributed by atoms with Gasteiger partial charge in [0.2, 0.25) is 5.95 Å². The molecule has 0 unspecified atom stereocenters. The third-order valence-corrected chi connectivity index (χ3v) is 3.58. The van der Waals surface area contributed by atoms with Gasteiger partial charge in [0.15, 0.2) is 0 Å². The van der Waals surface area contributed by atoms with E-state index in [-0.39, 0.29) is 16.8 Å². The van der Waals surface area contributed by atoms with E-state index in [1.54, 1.807) is 48.5 Å². The summed E-state index contributed by atoms with van der Waals surface area (Å²) in [6, 6.07) is 15.4. The van der Waals surface area contributed by atoms with Gasteiger partial charge in [0.25, 0.3) is 0 Å². The largest absolute Gasteiger partial charge is 0.421 e. The third kappa shape index (κ3) is 4.19. The fraction of sp³-hybridized carbons (Fsp3) is 0.0588. The maximum Gasteiger partial charge on any atom is 0.421 e. The molecule has 0 saturated heterocycles. The lowest BCUT2D eigenvalue weighted by molar-refractivity contribution is -0.137. The number of anilines is 4. The Balaban J connectivity index is 1.97. The zero-order valence-electron chi connectivity index (χ0n) is 12.7. The summed E-state index contributed by atoms with van der Waals surface area (Å²) in [7, 11) is 0. The summed E-state index contributed by atoms with van der Waals surface area (Å²) >= 11 is 6.01. The molecule has 3 aromatic rings. The standard InChI is InChI=1S/C17H12ClF3N4/c18-13-8-4-5-9-14(13)24-15-12(17(19,20)21)10-22-16(25-15)23-11-6-2-1-3-7-11/h1-10H,(H2,22,23,24,25). The highest BCUT2D eigenvalue weighted by Crippen LogP contribution is 2.36. The molecule has 0 aliphatic heterocycles. The number of nitrogens with zero attached hydrogens (tertiary/aromatic N) is 2. The van der Waals surface area contributed by atoms with Gasteiger partial charge in [-0.2, -0.15) is 18.2 Å². The van der Waals surface area contributed by atoms with E-state index in [0.717, 1.165) is 6.20 Å². The van der Waals surface area contributed by atoms with Gasteiger partial charge in [0.05, 0.1) is 10.7 Å². The minimum absolute atomic E-state index is 0.0359. The summed E-state index contributed by atoms with van der Waals surface area (Å²) in [4.78, 5) is 7.71. The van der Waals surface area contributed by atoms with Crippen molar-refractivity contribution in [2.45, 2.75) is 6.18 Å². The van der Waals surface area contributed by atoms with Crippen LogP contribution in [-0.4, -0.2) is 9.97 Å². The minimum Gasteiger partial charge on any atom is -0.338 e. The van der Waals surface area contributed by atoms with Crippen molar-refractivity contribution in [3.8, 4) is 0 Å². The number of benzene rings is 2. The topological polar surface area (TPSA) is 49.8 Å². The molecule has 0 spiro atoms. The van der Waals surface area contributed by atoms with E-state index < -0.39 is 11.7 Å². The molecule has 3 rings (SSSR count). The van der Waals surface area contributed by atoms with Crippen LogP contribution in [0.2, 0.25) is 5.02 Å². The number of aromatic nitrogens is 2. The molecule has 2 aromatic carbocycles. The first-order chi connectivity index (χ1) is 11.9. The summed E-state index contributed by atoms with van der Waals surface area (Å²) < 4.78 is 39.7. The highest BCUT2D eigenvalue weighted by atomic mass is 35.5. The maximum absolute atomic E-state index is 13.2. The van der Waals surface area contributed by atoms with Crippen LogP contribution in [0.1, 0.15) is 5.56 Å². The molecule has 0 fully saturated rings. The minimum atomic E-state index is -4.60. The van der Waals surface area contributed by atoms with Crippen molar-refractivity contribution in [3.63, 3.8) is 0 Å². The van der Waals surface area contributed by atoms with Gasteiger partial charge in [0.1, 0.15) is 11.4 Å². The molecule has 128 valence electrons. The number of hydrogen-bond acceptors (Lipinski definition) is 4. The van der Waals surface area contributed by atoms with E-state index >= 15 is 0 Å². The van der Waals surface area contributed by atoms with E-state index in [1.807, 2.05) is 6.07 Å². The van der Waals surface area contributed by atoms with Crippen molar-refractivity contribution < 1.29 is 13.2 Å². The quantitative estimate of drug-likeness (QED) is 0.629. The molecule has 0 amide bonds. The fourth-order valence-electron chi connectivity index (χ4n) is 2.09. The van der Waals surface area contributed by atoms with Crippen LogP contribution in [0.4, 0.5) is 36.3 Å². The summed E-state index contributed by atoms with van der Waals surface area (Å²) in [6.07, 6.45) is -3.87. The van der Waals surface area contributed by atoms with Gasteiger partial charge in [-0.25, -0.2) is 4.98 Å². The lowest BCUT2D eigenvalue weighted by Gasteiger charge is -2.15. The Morgan fingerprint density at radius 1 is 0.880 bits per heavy atom. The van der Waals surface area contributed by atoms with Gasteiger partial charge in [-0.15, -0.1) is 0 Å². The number of para-hydroxylation sites is 2. The molecule has 0 aliphatic carbocycles. The summed E-state index contributed by atoms with van der Waals surface area (Å²) in [5.74, 6) is -0.345. The SMILES string of the molecule is FC(F)(F)c1cnc(Nc2ccccc2)nc1Nc1ccccc1Cl. The van der Waals surface area contributed by atoms with Gasteiger partial charge in [-0.05, 0) is 24.3 Å². The highest BCUT2D eigenvalue weighted by molar-refractivity contribution is 6.33. The Kier molecular flexibility index (Phi) is 4.76. The van der Waals surface area contributed by atoms with Crippen molar-refractivity contribution in [2.24, 2.45) is 0 Å². The zero-order valence-corrected chi connectivity index (χ0v) is 13.4. The van der Waals surface area contributed by atoms with Crippen LogP contribution in [0.3, 0.4) is 0 Å². The van der Waals surface area contributed by atoms with Gasteiger partial charge in [-0.3, -0.25) is 0 Å². The molecular formula is C17H12ClF3N4. The molecule has 0 aliphatic rings. The second-order valence-electron chi connectivity index (χ2n) is 5.05. The molecule has 1 heterocycles. The van der Waals surface area contributed by atoms with Crippen LogP contribution in [0.25, 0.3) is 0 Å². The maximum atomic E-state index is 13.2. The van der Waals surface area contributed by atoms with E-state index in [9.17, 15) is 13.2 Å². The van der Waals surface area contributed by atoms with Crippen molar-refractivity contribution in [1.29, 1.82) is 0 Å². The van der Waals surface area contributed by atoms with E-state index in [1.165, 1.54) is 0 Å². The molecule has 0 radical (unpaired) electrons. The third-order valence-electron chi connectivity index (χ3n) is 3.25. The van der Waals surface area contributed by atoms with Crippen LogP contribution in [0.5, 0.6) is 0 Å². The molecule has 0 saturated carbocycles. The predicted molar refractivity (Wildman–Crippen MR) is 91.5 cm³/mol. The molecule has 0 bridgehead atoms. The molecule has 0 atom stereocenters. The highest BCUT2D eigenvalue weighted by Gasteiger charge is 2.35. The van der Waals surface area contributed by atoms with Crippen LogP contribution in [0.15, 0.2) is 60.8 Å². The number of rotatable bonds is 4. The van der Waals surface area contributed by atoms with Gasteiger partial charge in [-0.1, -0.05) is 41.9 Å². The first-order valence-corrected chi connectivity index (χ1v) is 7.59. The Hall–Kier alpha value is -2.80. The van der Waals surface area contributed by atoms with E-state index in [0.29, 0.717) is 11.4 Å². The molecule has 8 heteroatoms. The van der Waals surface area contributed by atoms with Crippen LogP contribution < -0.4 is 10.6 Å². The summed E-state index contributed by atoms with van der Waals surface area (Å²) in [5.41, 5.74) is -0.00369. The zero-order chi connectivity index (χ0) is 17.9. The Bertz CT molecular complexity index is 869. The average Bonchev–Trinajstić information content (AvgIpc) is 2.57. The Labute approximate surface area is 146 Å². The number of hydrogen-bond donors (Lipinski definition) is 2. The Morgan fingerprint density at radius 3 is 2.24 bits per heavy atom. The number of halogens is 4.